The molecule has 0 aliphatic carbocycles. The maximum absolute atomic E-state index is 12.9. The Morgan fingerprint density at radius 1 is 1.11 bits per heavy atom. The summed E-state index contributed by atoms with van der Waals surface area (Å²) in [5.41, 5.74) is 0.527. The predicted molar refractivity (Wildman–Crippen MR) is 107 cm³/mol. The third-order valence-electron chi connectivity index (χ3n) is 4.25. The van der Waals surface area contributed by atoms with Crippen LogP contribution in [0.4, 0.5) is 0 Å². The fourth-order valence-corrected chi connectivity index (χ4v) is 5.54. The highest BCUT2D eigenvalue weighted by atomic mass is 35.5. The van der Waals surface area contributed by atoms with E-state index in [1.165, 1.54) is 28.2 Å². The summed E-state index contributed by atoms with van der Waals surface area (Å²) in [5.74, 6) is -0.148. The number of pyridine rings is 1. The van der Waals surface area contributed by atoms with Gasteiger partial charge in [-0.15, -0.1) is 11.8 Å². The van der Waals surface area contributed by atoms with Gasteiger partial charge in [0.2, 0.25) is 10.0 Å². The largest absolute Gasteiger partial charge is 0.336 e. The summed E-state index contributed by atoms with van der Waals surface area (Å²) < 4.78 is 27.1. The molecule has 10 heteroatoms. The molecule has 3 rings (SSSR count). The number of hydrogen-bond acceptors (Lipinski definition) is 5. The average molecular weight is 446 g/mol. The van der Waals surface area contributed by atoms with Crippen molar-refractivity contribution in [2.45, 2.75) is 9.92 Å². The van der Waals surface area contributed by atoms with Crippen molar-refractivity contribution in [3.05, 3.63) is 52.1 Å². The van der Waals surface area contributed by atoms with Gasteiger partial charge in [0.25, 0.3) is 5.91 Å². The number of thioether (sulfide) groups is 1. The molecule has 6 nitrogen and oxygen atoms in total. The molecule has 27 heavy (non-hydrogen) atoms. The van der Waals surface area contributed by atoms with E-state index in [1.54, 1.807) is 29.3 Å². The number of halogens is 2. The number of benzene rings is 1. The van der Waals surface area contributed by atoms with Gasteiger partial charge in [0.05, 0.1) is 15.6 Å². The molecule has 1 aromatic carbocycles. The van der Waals surface area contributed by atoms with E-state index in [0.29, 0.717) is 23.7 Å². The van der Waals surface area contributed by atoms with Crippen LogP contribution in [0.2, 0.25) is 10.0 Å². The summed E-state index contributed by atoms with van der Waals surface area (Å²) in [6.45, 7) is 0.954. The van der Waals surface area contributed by atoms with Crippen LogP contribution in [0.25, 0.3) is 0 Å². The Labute approximate surface area is 172 Å². The monoisotopic (exact) mass is 445 g/mol. The Hall–Kier alpha value is -1.32. The van der Waals surface area contributed by atoms with Crippen LogP contribution in [0.1, 0.15) is 10.4 Å². The van der Waals surface area contributed by atoms with Crippen molar-refractivity contribution < 1.29 is 13.2 Å². The molecule has 1 aromatic heterocycles. The predicted octanol–water partition coefficient (Wildman–Crippen LogP) is 3.26. The normalized spacial score (nSPS) is 15.7. The second kappa shape index (κ2) is 8.36. The molecule has 2 heterocycles. The Morgan fingerprint density at radius 2 is 1.81 bits per heavy atom. The van der Waals surface area contributed by atoms with Crippen LogP contribution in [-0.4, -0.2) is 60.9 Å². The first-order valence-corrected chi connectivity index (χ1v) is 11.5. The number of amides is 1. The Morgan fingerprint density at radius 3 is 2.48 bits per heavy atom. The highest BCUT2D eigenvalue weighted by molar-refractivity contribution is 7.98. The molecular weight excluding hydrogens is 429 g/mol. The third kappa shape index (κ3) is 4.09. The Bertz CT molecular complexity index is 962. The van der Waals surface area contributed by atoms with Gasteiger partial charge in [-0.3, -0.25) is 4.79 Å². The first-order chi connectivity index (χ1) is 12.9. The zero-order chi connectivity index (χ0) is 19.6. The van der Waals surface area contributed by atoms with Crippen molar-refractivity contribution in [2.24, 2.45) is 0 Å². The lowest BCUT2D eigenvalue weighted by Crippen LogP contribution is -2.50. The number of piperazine rings is 1. The molecule has 1 fully saturated rings. The van der Waals surface area contributed by atoms with Gasteiger partial charge in [-0.25, -0.2) is 13.4 Å². The zero-order valence-corrected chi connectivity index (χ0v) is 17.6. The van der Waals surface area contributed by atoms with Crippen LogP contribution < -0.4 is 0 Å². The fourth-order valence-electron chi connectivity index (χ4n) is 2.84. The van der Waals surface area contributed by atoms with Gasteiger partial charge in [-0.1, -0.05) is 29.3 Å². The van der Waals surface area contributed by atoms with Crippen molar-refractivity contribution in [1.29, 1.82) is 0 Å². The number of nitrogens with zero attached hydrogens (tertiary/aromatic N) is 3. The molecule has 1 aliphatic heterocycles. The van der Waals surface area contributed by atoms with Crippen LogP contribution in [0.15, 0.2) is 46.5 Å². The summed E-state index contributed by atoms with van der Waals surface area (Å²) in [6, 6.07) is 7.97. The van der Waals surface area contributed by atoms with Crippen LogP contribution in [-0.2, 0) is 10.0 Å². The van der Waals surface area contributed by atoms with Gasteiger partial charge < -0.3 is 4.90 Å². The third-order valence-corrected chi connectivity index (χ3v) is 7.84. The Kier molecular flexibility index (Phi) is 6.32. The van der Waals surface area contributed by atoms with Gasteiger partial charge in [-0.2, -0.15) is 4.31 Å². The van der Waals surface area contributed by atoms with Crippen molar-refractivity contribution in [1.82, 2.24) is 14.2 Å². The first kappa shape index (κ1) is 20.4. The lowest BCUT2D eigenvalue weighted by molar-refractivity contribution is 0.0693. The molecule has 0 N–H and O–H groups in total. The minimum Gasteiger partial charge on any atom is -0.336 e. The summed E-state index contributed by atoms with van der Waals surface area (Å²) >= 11 is 13.4. The van der Waals surface area contributed by atoms with E-state index in [9.17, 15) is 13.2 Å². The van der Waals surface area contributed by atoms with E-state index in [1.807, 2.05) is 6.26 Å². The van der Waals surface area contributed by atoms with E-state index < -0.39 is 10.0 Å². The summed E-state index contributed by atoms with van der Waals surface area (Å²) in [5, 5.41) is 0.855. The maximum Gasteiger partial charge on any atom is 0.256 e. The topological polar surface area (TPSA) is 70.6 Å². The van der Waals surface area contributed by atoms with Crippen LogP contribution in [0.3, 0.4) is 0 Å². The maximum atomic E-state index is 12.9. The molecular formula is C17H17Cl2N3O3S2. The van der Waals surface area contributed by atoms with Crippen molar-refractivity contribution >= 4 is 50.9 Å². The standard InChI is InChI=1S/C17H17Cl2N3O3S2/c1-26-16-12(4-3-7-20-16)17(23)21-8-10-22(11-9-21)27(24,25)14-6-2-5-13(18)15(14)19/h2-7H,8-11H2,1H3. The first-order valence-electron chi connectivity index (χ1n) is 8.08. The Balaban J connectivity index is 1.75. The summed E-state index contributed by atoms with van der Waals surface area (Å²) in [7, 11) is -3.78. The van der Waals surface area contributed by atoms with Crippen molar-refractivity contribution in [3.63, 3.8) is 0 Å². The summed E-state index contributed by atoms with van der Waals surface area (Å²) in [4.78, 5) is 18.6. The molecule has 0 unspecified atom stereocenters. The number of sulfonamides is 1. The van der Waals surface area contributed by atoms with Crippen LogP contribution in [0, 0.1) is 0 Å². The number of rotatable bonds is 4. The SMILES string of the molecule is CSc1ncccc1C(=O)N1CCN(S(=O)(=O)c2cccc(Cl)c2Cl)CC1. The molecule has 0 atom stereocenters. The van der Waals surface area contributed by atoms with Gasteiger partial charge in [-0.05, 0) is 30.5 Å². The second-order valence-corrected chi connectivity index (χ2v) is 9.29. The number of carbonyl (C=O) groups is 1. The summed E-state index contributed by atoms with van der Waals surface area (Å²) in [6.07, 6.45) is 3.50. The van der Waals surface area contributed by atoms with Crippen LogP contribution in [0.5, 0.6) is 0 Å². The minimum atomic E-state index is -3.78. The van der Waals surface area contributed by atoms with E-state index >= 15 is 0 Å². The fraction of sp³-hybridized carbons (Fsp3) is 0.294. The number of carbonyl (C=O) groups excluding carboxylic acids is 1. The smallest absolute Gasteiger partial charge is 0.256 e. The molecule has 0 radical (unpaired) electrons. The van der Waals surface area contributed by atoms with Gasteiger partial charge in [0.1, 0.15) is 9.92 Å². The lowest BCUT2D eigenvalue weighted by Gasteiger charge is -2.34. The molecule has 0 saturated carbocycles. The molecule has 1 aliphatic rings. The van der Waals surface area contributed by atoms with E-state index in [0.717, 1.165) is 0 Å². The molecule has 144 valence electrons. The van der Waals surface area contributed by atoms with E-state index in [-0.39, 0.29) is 33.9 Å². The molecule has 2 aromatic rings. The minimum absolute atomic E-state index is 0.0117. The number of hydrogen-bond donors (Lipinski definition) is 0. The lowest BCUT2D eigenvalue weighted by atomic mass is 10.2. The highest BCUT2D eigenvalue weighted by Crippen LogP contribution is 2.31. The molecule has 0 spiro atoms. The second-order valence-electron chi connectivity index (χ2n) is 5.81. The van der Waals surface area contributed by atoms with Crippen molar-refractivity contribution in [3.8, 4) is 0 Å². The van der Waals surface area contributed by atoms with E-state index in [4.69, 9.17) is 23.2 Å². The van der Waals surface area contributed by atoms with Crippen LogP contribution >= 0.6 is 35.0 Å². The van der Waals surface area contributed by atoms with Gasteiger partial charge >= 0.3 is 0 Å². The highest BCUT2D eigenvalue weighted by Gasteiger charge is 2.32. The molecule has 1 amide bonds. The molecule has 0 bridgehead atoms. The van der Waals surface area contributed by atoms with Gasteiger partial charge in [0, 0.05) is 32.4 Å². The zero-order valence-electron chi connectivity index (χ0n) is 14.4. The number of aromatic nitrogens is 1. The molecule has 1 saturated heterocycles. The quantitative estimate of drug-likeness (QED) is 0.675. The average Bonchev–Trinajstić information content (AvgIpc) is 2.69. The van der Waals surface area contributed by atoms with E-state index in [2.05, 4.69) is 4.98 Å². The van der Waals surface area contributed by atoms with Crippen molar-refractivity contribution in [2.75, 3.05) is 32.4 Å². The van der Waals surface area contributed by atoms with Gasteiger partial charge in [0.15, 0.2) is 0 Å².